The minimum Gasteiger partial charge on any atom is -0.726 e. The molecule has 0 saturated heterocycles. The van der Waals surface area contributed by atoms with E-state index in [1.54, 1.807) is 7.11 Å². The van der Waals surface area contributed by atoms with Crippen molar-refractivity contribution in [2.24, 2.45) is 0 Å². The first-order valence-corrected chi connectivity index (χ1v) is 9.59. The molecule has 0 atom stereocenters. The number of nitrogens with zero attached hydrogens (tertiary/aromatic N) is 1. The lowest BCUT2D eigenvalue weighted by Gasteiger charge is -2.00. The van der Waals surface area contributed by atoms with Gasteiger partial charge in [0, 0.05) is 12.5 Å². The Labute approximate surface area is 147 Å². The lowest BCUT2D eigenvalue weighted by atomic mass is 10.2. The molecule has 6 nitrogen and oxygen atoms in total. The second kappa shape index (κ2) is 9.12. The number of allylic oxidation sites excluding steroid dienone is 1. The summed E-state index contributed by atoms with van der Waals surface area (Å²) in [5.41, 5.74) is 2.63. The predicted molar refractivity (Wildman–Crippen MR) is 94.4 cm³/mol. The van der Waals surface area contributed by atoms with Gasteiger partial charge in [0.1, 0.15) is 17.0 Å². The number of hydrogen-bond acceptors (Lipinski definition) is 6. The first-order valence-electron chi connectivity index (χ1n) is 7.44. The van der Waals surface area contributed by atoms with Crippen LogP contribution in [-0.4, -0.2) is 27.2 Å². The minimum atomic E-state index is -4.41. The van der Waals surface area contributed by atoms with Crippen LogP contribution in [0.5, 0.6) is 0 Å². The van der Waals surface area contributed by atoms with Crippen LogP contribution in [-0.2, 0) is 25.9 Å². The topological polar surface area (TPSA) is 79.5 Å². The number of ether oxygens (including phenoxy) is 1. The molecule has 1 aromatic heterocycles. The highest BCUT2D eigenvalue weighted by molar-refractivity contribution is 7.80. The normalized spacial score (nSPS) is 12.0. The Bertz CT molecular complexity index is 803. The summed E-state index contributed by atoms with van der Waals surface area (Å²) in [7, 11) is -1.86. The molecule has 0 amide bonds. The molecule has 0 aliphatic rings. The molecule has 0 N–H and O–H groups in total. The monoisotopic (exact) mass is 373 g/mol. The van der Waals surface area contributed by atoms with Gasteiger partial charge in [0.2, 0.25) is 15.9 Å². The van der Waals surface area contributed by atoms with Gasteiger partial charge in [-0.1, -0.05) is 24.3 Å². The molecule has 24 heavy (non-hydrogen) atoms. The summed E-state index contributed by atoms with van der Waals surface area (Å²) in [6.45, 7) is 7.42. The molecule has 8 heteroatoms. The van der Waals surface area contributed by atoms with E-state index in [0.717, 1.165) is 25.8 Å². The van der Waals surface area contributed by atoms with Crippen molar-refractivity contribution in [3.63, 3.8) is 0 Å². The molecule has 0 bridgehead atoms. The number of rotatable bonds is 5. The van der Waals surface area contributed by atoms with E-state index in [2.05, 4.69) is 53.8 Å². The van der Waals surface area contributed by atoms with E-state index >= 15 is 0 Å². The fourth-order valence-corrected chi connectivity index (χ4v) is 3.25. The van der Waals surface area contributed by atoms with Crippen molar-refractivity contribution in [1.29, 1.82) is 0 Å². The number of hydrogen-bond donors (Lipinski definition) is 0. The third-order valence-electron chi connectivity index (χ3n) is 3.30. The van der Waals surface area contributed by atoms with Crippen LogP contribution >= 0.6 is 11.3 Å². The fraction of sp³-hybridized carbons (Fsp3) is 0.438. The zero-order valence-corrected chi connectivity index (χ0v) is 16.2. The van der Waals surface area contributed by atoms with Crippen molar-refractivity contribution >= 4 is 38.0 Å². The number of fused-ring (bicyclic) bond motifs is 1. The third-order valence-corrected chi connectivity index (χ3v) is 4.82. The maximum atomic E-state index is 9.22. The molecule has 2 aromatic rings. The van der Waals surface area contributed by atoms with Crippen LogP contribution in [0.15, 0.2) is 24.0 Å². The van der Waals surface area contributed by atoms with Gasteiger partial charge in [-0.25, -0.2) is 8.42 Å². The van der Waals surface area contributed by atoms with E-state index < -0.39 is 10.4 Å². The molecule has 1 aromatic carbocycles. The van der Waals surface area contributed by atoms with Crippen LogP contribution in [0.25, 0.3) is 16.3 Å². The van der Waals surface area contributed by atoms with Gasteiger partial charge in [-0.3, -0.25) is 4.18 Å². The molecule has 0 saturated carbocycles. The summed E-state index contributed by atoms with van der Waals surface area (Å²) in [5, 5.41) is 1.26. The van der Waals surface area contributed by atoms with Crippen molar-refractivity contribution in [1.82, 2.24) is 0 Å². The Morgan fingerprint density at radius 2 is 1.96 bits per heavy atom. The van der Waals surface area contributed by atoms with Crippen LogP contribution in [0.4, 0.5) is 0 Å². The van der Waals surface area contributed by atoms with Crippen molar-refractivity contribution in [3.05, 3.63) is 34.5 Å². The summed E-state index contributed by atoms with van der Waals surface area (Å²) in [5.74, 6) is 1.03. The van der Waals surface area contributed by atoms with Crippen LogP contribution < -0.4 is 4.57 Å². The highest BCUT2D eigenvalue weighted by Gasteiger charge is 2.17. The number of aromatic nitrogens is 1. The molecule has 0 aliphatic heterocycles. The molecule has 134 valence electrons. The van der Waals surface area contributed by atoms with Gasteiger partial charge < -0.3 is 9.29 Å². The molecule has 0 radical (unpaired) electrons. The second-order valence-corrected chi connectivity index (χ2v) is 7.11. The van der Waals surface area contributed by atoms with Crippen LogP contribution in [0.3, 0.4) is 0 Å². The van der Waals surface area contributed by atoms with E-state index in [9.17, 15) is 13.0 Å². The first-order chi connectivity index (χ1) is 11.3. The lowest BCUT2D eigenvalue weighted by molar-refractivity contribution is -0.665. The predicted octanol–water partition coefficient (Wildman–Crippen LogP) is 3.01. The summed E-state index contributed by atoms with van der Waals surface area (Å²) in [6.07, 6.45) is 3.08. The van der Waals surface area contributed by atoms with Crippen molar-refractivity contribution < 1.29 is 26.5 Å². The zero-order valence-electron chi connectivity index (χ0n) is 14.5. The Hall–Kier alpha value is -1.48. The summed E-state index contributed by atoms with van der Waals surface area (Å²) in [4.78, 5) is 0. The molecular weight excluding hydrogens is 350 g/mol. The van der Waals surface area contributed by atoms with Crippen LogP contribution in [0.1, 0.15) is 30.8 Å². The zero-order chi connectivity index (χ0) is 18.3. The average Bonchev–Trinajstić information content (AvgIpc) is 2.88. The fourth-order valence-electron chi connectivity index (χ4n) is 2.09. The number of methoxy groups -OCH3 is 1. The molecule has 0 unspecified atom stereocenters. The molecule has 1 heterocycles. The Balaban J connectivity index is 0.000000413. The quantitative estimate of drug-likeness (QED) is 0.348. The first kappa shape index (κ1) is 20.6. The van der Waals surface area contributed by atoms with Gasteiger partial charge in [-0.2, -0.15) is 4.57 Å². The Morgan fingerprint density at radius 1 is 1.33 bits per heavy atom. The van der Waals surface area contributed by atoms with Gasteiger partial charge in [0.05, 0.1) is 20.3 Å². The van der Waals surface area contributed by atoms with Crippen molar-refractivity contribution in [3.8, 4) is 0 Å². The van der Waals surface area contributed by atoms with Gasteiger partial charge in [0.25, 0.3) is 5.01 Å². The average molecular weight is 373 g/mol. The van der Waals surface area contributed by atoms with Gasteiger partial charge in [-0.05, 0) is 25.5 Å². The summed E-state index contributed by atoms with van der Waals surface area (Å²) in [6, 6.07) is 6.63. The lowest BCUT2D eigenvalue weighted by Crippen LogP contribution is -2.33. The molecule has 0 aliphatic carbocycles. The smallest absolute Gasteiger partial charge is 0.266 e. The Kier molecular flexibility index (Phi) is 7.82. The van der Waals surface area contributed by atoms with E-state index in [4.69, 9.17) is 4.74 Å². The van der Waals surface area contributed by atoms with Gasteiger partial charge in [0.15, 0.2) is 0 Å². The number of benzene rings is 1. The van der Waals surface area contributed by atoms with Gasteiger partial charge >= 0.3 is 0 Å². The third kappa shape index (κ3) is 5.86. The van der Waals surface area contributed by atoms with E-state index in [1.165, 1.54) is 20.8 Å². The number of thiazole rings is 1. The highest BCUT2D eigenvalue weighted by atomic mass is 32.3. The molecule has 2 rings (SSSR count). The number of aryl methyl sites for hydroxylation is 2. The molecular formula is C16H23NO5S2. The molecule has 0 spiro atoms. The van der Waals surface area contributed by atoms with E-state index in [0.29, 0.717) is 0 Å². The second-order valence-electron chi connectivity index (χ2n) is 4.90. The van der Waals surface area contributed by atoms with Crippen LogP contribution in [0, 0.1) is 6.92 Å². The van der Waals surface area contributed by atoms with E-state index in [1.807, 2.05) is 11.3 Å². The minimum absolute atomic E-state index is 0.808. The summed E-state index contributed by atoms with van der Waals surface area (Å²) >= 11 is 1.82. The standard InChI is InChI=1S/C15H20NOS.CH4O4S/c1-5-12(17-4)10-15-16(6-2)13-9-11(3)7-8-14(13)18-15;1-5-6(2,3)4/h7-10H,5-6H2,1-4H3;1H3,(H,2,3,4)/q+1;/p-1. The SMILES string of the molecule is CCC(=Cc1sc2ccc(C)cc2[n+]1CC)OC.COS(=O)(=O)[O-]. The largest absolute Gasteiger partial charge is 0.726 e. The maximum Gasteiger partial charge on any atom is 0.266 e. The highest BCUT2D eigenvalue weighted by Crippen LogP contribution is 2.23. The summed E-state index contributed by atoms with van der Waals surface area (Å²) < 4.78 is 40.1. The Morgan fingerprint density at radius 3 is 2.42 bits per heavy atom. The van der Waals surface area contributed by atoms with Crippen LogP contribution in [0.2, 0.25) is 0 Å². The van der Waals surface area contributed by atoms with E-state index in [-0.39, 0.29) is 0 Å². The van der Waals surface area contributed by atoms with Crippen molar-refractivity contribution in [2.75, 3.05) is 14.2 Å². The maximum absolute atomic E-state index is 9.22. The van der Waals surface area contributed by atoms with Crippen molar-refractivity contribution in [2.45, 2.75) is 33.7 Å². The molecule has 0 fully saturated rings. The van der Waals surface area contributed by atoms with Gasteiger partial charge in [-0.15, -0.1) is 0 Å².